The SMILES string of the molecule is CCCNCc1cnc(Sc2n[nH]c(=O)n2CCC)nc1. The van der Waals surface area contributed by atoms with Crippen LogP contribution in [0.15, 0.2) is 27.5 Å². The molecule has 0 bridgehead atoms. The fraction of sp³-hybridized carbons (Fsp3) is 0.538. The zero-order chi connectivity index (χ0) is 15.1. The normalized spacial score (nSPS) is 11.0. The van der Waals surface area contributed by atoms with Crippen LogP contribution in [0.3, 0.4) is 0 Å². The minimum Gasteiger partial charge on any atom is -0.313 e. The zero-order valence-electron chi connectivity index (χ0n) is 12.3. The minimum atomic E-state index is -0.195. The van der Waals surface area contributed by atoms with Gasteiger partial charge in [-0.15, -0.1) is 5.10 Å². The van der Waals surface area contributed by atoms with Gasteiger partial charge in [0.15, 0.2) is 10.3 Å². The summed E-state index contributed by atoms with van der Waals surface area (Å²) in [6, 6.07) is 0. The van der Waals surface area contributed by atoms with Crippen LogP contribution in [0.1, 0.15) is 32.3 Å². The molecule has 7 nitrogen and oxygen atoms in total. The maximum absolute atomic E-state index is 11.6. The predicted molar refractivity (Wildman–Crippen MR) is 81.3 cm³/mol. The van der Waals surface area contributed by atoms with Gasteiger partial charge in [-0.25, -0.2) is 19.9 Å². The van der Waals surface area contributed by atoms with E-state index < -0.39 is 0 Å². The van der Waals surface area contributed by atoms with Crippen molar-refractivity contribution in [1.29, 1.82) is 0 Å². The van der Waals surface area contributed by atoms with E-state index in [1.807, 2.05) is 6.92 Å². The van der Waals surface area contributed by atoms with Gasteiger partial charge in [0.25, 0.3) is 0 Å². The smallest absolute Gasteiger partial charge is 0.313 e. The lowest BCUT2D eigenvalue weighted by Crippen LogP contribution is -2.17. The number of hydrogen-bond donors (Lipinski definition) is 2. The van der Waals surface area contributed by atoms with E-state index in [0.717, 1.165) is 31.5 Å². The molecule has 0 unspecified atom stereocenters. The summed E-state index contributed by atoms with van der Waals surface area (Å²) in [5.41, 5.74) is 0.848. The molecule has 0 amide bonds. The van der Waals surface area contributed by atoms with Crippen molar-refractivity contribution in [2.45, 2.75) is 50.1 Å². The number of rotatable bonds is 8. The van der Waals surface area contributed by atoms with Crippen molar-refractivity contribution in [3.8, 4) is 0 Å². The van der Waals surface area contributed by atoms with Crippen molar-refractivity contribution in [2.24, 2.45) is 0 Å². The van der Waals surface area contributed by atoms with Gasteiger partial charge in [-0.2, -0.15) is 0 Å². The third-order valence-electron chi connectivity index (χ3n) is 2.79. The highest BCUT2D eigenvalue weighted by Crippen LogP contribution is 2.20. The fourth-order valence-corrected chi connectivity index (χ4v) is 2.53. The van der Waals surface area contributed by atoms with E-state index in [4.69, 9.17) is 0 Å². The van der Waals surface area contributed by atoms with Crippen LogP contribution >= 0.6 is 11.8 Å². The third-order valence-corrected chi connectivity index (χ3v) is 3.68. The number of H-pyrrole nitrogens is 1. The second kappa shape index (κ2) is 7.94. The van der Waals surface area contributed by atoms with Gasteiger partial charge in [0.2, 0.25) is 0 Å². The van der Waals surface area contributed by atoms with E-state index >= 15 is 0 Å². The number of aromatic amines is 1. The molecule has 0 atom stereocenters. The van der Waals surface area contributed by atoms with Crippen LogP contribution in [-0.2, 0) is 13.1 Å². The van der Waals surface area contributed by atoms with Crippen LogP contribution in [0.25, 0.3) is 0 Å². The summed E-state index contributed by atoms with van der Waals surface area (Å²) in [7, 11) is 0. The highest BCUT2D eigenvalue weighted by atomic mass is 32.2. The second-order valence-electron chi connectivity index (χ2n) is 4.62. The molecular weight excluding hydrogens is 288 g/mol. The lowest BCUT2D eigenvalue weighted by atomic mass is 10.3. The Hall–Kier alpha value is -1.67. The van der Waals surface area contributed by atoms with Gasteiger partial charge >= 0.3 is 5.69 Å². The first kappa shape index (κ1) is 15.7. The third kappa shape index (κ3) is 4.40. The quantitative estimate of drug-likeness (QED) is 0.566. The van der Waals surface area contributed by atoms with Crippen LogP contribution in [0.4, 0.5) is 0 Å². The Balaban J connectivity index is 2.01. The molecule has 2 aromatic rings. The Morgan fingerprint density at radius 3 is 2.71 bits per heavy atom. The molecule has 0 saturated heterocycles. The van der Waals surface area contributed by atoms with Gasteiger partial charge in [0, 0.05) is 31.0 Å². The molecule has 0 aliphatic carbocycles. The Morgan fingerprint density at radius 2 is 2.05 bits per heavy atom. The number of nitrogens with zero attached hydrogens (tertiary/aromatic N) is 4. The van der Waals surface area contributed by atoms with E-state index in [0.29, 0.717) is 16.9 Å². The van der Waals surface area contributed by atoms with E-state index in [-0.39, 0.29) is 5.69 Å². The van der Waals surface area contributed by atoms with Crippen LogP contribution in [-0.4, -0.2) is 31.3 Å². The van der Waals surface area contributed by atoms with Gasteiger partial charge < -0.3 is 5.32 Å². The molecule has 0 aliphatic rings. The van der Waals surface area contributed by atoms with Crippen molar-refractivity contribution < 1.29 is 0 Å². The molecule has 8 heteroatoms. The molecule has 0 fully saturated rings. The largest absolute Gasteiger partial charge is 0.343 e. The van der Waals surface area contributed by atoms with Crippen molar-refractivity contribution >= 4 is 11.8 Å². The first-order valence-electron chi connectivity index (χ1n) is 7.09. The topological polar surface area (TPSA) is 88.5 Å². The van der Waals surface area contributed by atoms with E-state index in [9.17, 15) is 4.79 Å². The maximum atomic E-state index is 11.6. The summed E-state index contributed by atoms with van der Waals surface area (Å²) in [5.74, 6) is 0. The Labute approximate surface area is 127 Å². The highest BCUT2D eigenvalue weighted by molar-refractivity contribution is 7.99. The number of nitrogens with one attached hydrogen (secondary N) is 2. The van der Waals surface area contributed by atoms with Gasteiger partial charge in [0.1, 0.15) is 0 Å². The summed E-state index contributed by atoms with van der Waals surface area (Å²) in [5, 5.41) is 11.0. The van der Waals surface area contributed by atoms with Crippen molar-refractivity contribution in [3.63, 3.8) is 0 Å². The molecule has 2 heterocycles. The summed E-state index contributed by atoms with van der Waals surface area (Å²) in [4.78, 5) is 20.2. The van der Waals surface area contributed by atoms with Crippen LogP contribution in [0.2, 0.25) is 0 Å². The molecular formula is C13H20N6OS. The fourth-order valence-electron chi connectivity index (χ4n) is 1.78. The molecule has 0 aromatic carbocycles. The Morgan fingerprint density at radius 1 is 1.29 bits per heavy atom. The first-order valence-corrected chi connectivity index (χ1v) is 7.91. The van der Waals surface area contributed by atoms with E-state index in [1.165, 1.54) is 11.8 Å². The van der Waals surface area contributed by atoms with Crippen LogP contribution in [0.5, 0.6) is 0 Å². The molecule has 114 valence electrons. The monoisotopic (exact) mass is 308 g/mol. The van der Waals surface area contributed by atoms with Gasteiger partial charge in [-0.3, -0.25) is 4.57 Å². The molecule has 0 spiro atoms. The molecule has 0 radical (unpaired) electrons. The molecule has 0 aliphatic heterocycles. The van der Waals surface area contributed by atoms with E-state index in [1.54, 1.807) is 17.0 Å². The van der Waals surface area contributed by atoms with E-state index in [2.05, 4.69) is 32.4 Å². The Bertz CT molecular complexity index is 606. The summed E-state index contributed by atoms with van der Waals surface area (Å²) in [6.45, 7) is 6.52. The second-order valence-corrected chi connectivity index (χ2v) is 5.55. The molecule has 2 N–H and O–H groups in total. The summed E-state index contributed by atoms with van der Waals surface area (Å²) >= 11 is 1.29. The van der Waals surface area contributed by atoms with Crippen molar-refractivity contribution in [3.05, 3.63) is 28.4 Å². The lowest BCUT2D eigenvalue weighted by Gasteiger charge is -2.04. The van der Waals surface area contributed by atoms with Crippen LogP contribution < -0.4 is 11.0 Å². The zero-order valence-corrected chi connectivity index (χ0v) is 13.1. The highest BCUT2D eigenvalue weighted by Gasteiger charge is 2.10. The standard InChI is InChI=1S/C13H20N6OS/c1-3-5-14-7-10-8-15-11(16-9-10)21-13-18-17-12(20)19(13)6-4-2/h8-9,14H,3-7H2,1-2H3,(H,17,20). The number of aromatic nitrogens is 5. The van der Waals surface area contributed by atoms with Gasteiger partial charge in [-0.05, 0) is 31.1 Å². The lowest BCUT2D eigenvalue weighted by molar-refractivity contribution is 0.603. The van der Waals surface area contributed by atoms with Crippen molar-refractivity contribution in [1.82, 2.24) is 30.0 Å². The average molecular weight is 308 g/mol. The molecule has 21 heavy (non-hydrogen) atoms. The minimum absolute atomic E-state index is 0.195. The average Bonchev–Trinajstić information content (AvgIpc) is 2.83. The predicted octanol–water partition coefficient (Wildman–Crippen LogP) is 1.42. The van der Waals surface area contributed by atoms with Gasteiger partial charge in [0.05, 0.1) is 0 Å². The number of hydrogen-bond acceptors (Lipinski definition) is 6. The van der Waals surface area contributed by atoms with Crippen molar-refractivity contribution in [2.75, 3.05) is 6.54 Å². The summed E-state index contributed by atoms with van der Waals surface area (Å²) in [6.07, 6.45) is 5.57. The molecule has 0 saturated carbocycles. The summed E-state index contributed by atoms with van der Waals surface area (Å²) < 4.78 is 1.60. The first-order chi connectivity index (χ1) is 10.2. The van der Waals surface area contributed by atoms with Crippen LogP contribution in [0, 0.1) is 0 Å². The molecule has 2 rings (SSSR count). The Kier molecular flexibility index (Phi) is 5.94. The van der Waals surface area contributed by atoms with Gasteiger partial charge in [-0.1, -0.05) is 13.8 Å². The maximum Gasteiger partial charge on any atom is 0.343 e. The molecule has 2 aromatic heterocycles.